The van der Waals surface area contributed by atoms with Crippen molar-refractivity contribution in [2.24, 2.45) is 5.10 Å². The van der Waals surface area contributed by atoms with Gasteiger partial charge in [0.25, 0.3) is 5.91 Å². The van der Waals surface area contributed by atoms with Crippen LogP contribution in [0.5, 0.6) is 0 Å². The molecule has 2 heterocycles. The normalized spacial score (nSPS) is 23.0. The van der Waals surface area contributed by atoms with E-state index < -0.39 is 5.97 Å². The van der Waals surface area contributed by atoms with Crippen LogP contribution < -0.4 is 5.01 Å². The number of carbonyl (C=O) groups excluding carboxylic acids is 3. The lowest BCUT2D eigenvalue weighted by Crippen LogP contribution is -2.49. The first-order valence-corrected chi connectivity index (χ1v) is 9.41. The van der Waals surface area contributed by atoms with E-state index in [-0.39, 0.29) is 49.1 Å². The highest BCUT2D eigenvalue weighted by atomic mass is 16.5. The molecule has 2 aliphatic rings. The van der Waals surface area contributed by atoms with E-state index in [9.17, 15) is 14.4 Å². The monoisotopic (exact) mass is 371 g/mol. The minimum Gasteiger partial charge on any atom is -0.451 e. The Morgan fingerprint density at radius 1 is 1.11 bits per heavy atom. The van der Waals surface area contributed by atoms with E-state index in [2.05, 4.69) is 5.10 Å². The van der Waals surface area contributed by atoms with Gasteiger partial charge in [-0.1, -0.05) is 18.2 Å². The van der Waals surface area contributed by atoms with Gasteiger partial charge in [-0.2, -0.15) is 5.10 Å². The average molecular weight is 371 g/mol. The number of hydrogen-bond donors (Lipinski definition) is 0. The molecule has 0 bridgehead atoms. The number of ether oxygens (including phenoxy) is 1. The number of carbonyl (C=O) groups is 3. The number of benzene rings is 1. The quantitative estimate of drug-likeness (QED) is 0.762. The number of anilines is 1. The Labute approximate surface area is 159 Å². The third-order valence-electron chi connectivity index (χ3n) is 5.08. The Bertz CT molecular complexity index is 737. The summed E-state index contributed by atoms with van der Waals surface area (Å²) in [4.78, 5) is 38.8. The molecule has 0 spiro atoms. The van der Waals surface area contributed by atoms with Crippen LogP contribution in [0, 0.1) is 0 Å². The largest absolute Gasteiger partial charge is 0.451 e. The summed E-state index contributed by atoms with van der Waals surface area (Å²) in [6.45, 7) is 3.74. The molecule has 0 aliphatic carbocycles. The summed E-state index contributed by atoms with van der Waals surface area (Å²) in [5.74, 6) is -1.01. The SMILES string of the molecule is C[C@@H]1CCC[C@@H](C)N1C(=O)COC(=O)C1=NN(c2ccccc2)C(=O)CC1. The second-order valence-corrected chi connectivity index (χ2v) is 7.09. The first kappa shape index (κ1) is 19.1. The number of likely N-dealkylation sites (tertiary alicyclic amines) is 1. The molecule has 144 valence electrons. The number of para-hydroxylation sites is 1. The van der Waals surface area contributed by atoms with Crippen LogP contribution in [0.4, 0.5) is 5.69 Å². The zero-order valence-corrected chi connectivity index (χ0v) is 15.8. The molecule has 2 atom stereocenters. The Balaban J connectivity index is 1.63. The maximum Gasteiger partial charge on any atom is 0.355 e. The second kappa shape index (κ2) is 8.33. The summed E-state index contributed by atoms with van der Waals surface area (Å²) in [6.07, 6.45) is 3.42. The minimum atomic E-state index is -0.644. The fourth-order valence-corrected chi connectivity index (χ4v) is 3.67. The van der Waals surface area contributed by atoms with E-state index in [1.54, 1.807) is 29.2 Å². The maximum absolute atomic E-state index is 12.5. The highest BCUT2D eigenvalue weighted by Gasteiger charge is 2.31. The molecule has 3 rings (SSSR count). The predicted molar refractivity (Wildman–Crippen MR) is 101 cm³/mol. The molecule has 0 unspecified atom stereocenters. The molecule has 0 saturated carbocycles. The van der Waals surface area contributed by atoms with Crippen molar-refractivity contribution in [3.63, 3.8) is 0 Å². The number of esters is 1. The van der Waals surface area contributed by atoms with Gasteiger partial charge in [-0.25, -0.2) is 9.80 Å². The molecule has 2 aliphatic heterocycles. The Morgan fingerprint density at radius 2 is 1.78 bits per heavy atom. The van der Waals surface area contributed by atoms with E-state index in [4.69, 9.17) is 4.74 Å². The third-order valence-corrected chi connectivity index (χ3v) is 5.08. The second-order valence-electron chi connectivity index (χ2n) is 7.09. The van der Waals surface area contributed by atoms with Crippen LogP contribution in [0.15, 0.2) is 35.4 Å². The summed E-state index contributed by atoms with van der Waals surface area (Å²) in [5.41, 5.74) is 0.755. The first-order valence-electron chi connectivity index (χ1n) is 9.41. The van der Waals surface area contributed by atoms with E-state index in [1.165, 1.54) is 5.01 Å². The maximum atomic E-state index is 12.5. The van der Waals surface area contributed by atoms with Crippen LogP contribution in [0.1, 0.15) is 46.0 Å². The molecule has 0 aromatic heterocycles. The summed E-state index contributed by atoms with van der Waals surface area (Å²) in [7, 11) is 0. The highest BCUT2D eigenvalue weighted by molar-refractivity contribution is 6.38. The van der Waals surface area contributed by atoms with Gasteiger partial charge in [-0.3, -0.25) is 9.59 Å². The summed E-state index contributed by atoms with van der Waals surface area (Å²) >= 11 is 0. The van der Waals surface area contributed by atoms with Crippen molar-refractivity contribution < 1.29 is 19.1 Å². The lowest BCUT2D eigenvalue weighted by Gasteiger charge is -2.38. The fraction of sp³-hybridized carbons (Fsp3) is 0.500. The molecule has 27 heavy (non-hydrogen) atoms. The summed E-state index contributed by atoms with van der Waals surface area (Å²) in [6, 6.07) is 9.23. The van der Waals surface area contributed by atoms with Crippen molar-refractivity contribution in [2.45, 2.75) is 58.0 Å². The van der Waals surface area contributed by atoms with Gasteiger partial charge in [0.2, 0.25) is 5.91 Å². The minimum absolute atomic E-state index is 0.151. The van der Waals surface area contributed by atoms with Crippen molar-refractivity contribution in [3.8, 4) is 0 Å². The number of rotatable bonds is 4. The van der Waals surface area contributed by atoms with Crippen LogP contribution in [0.3, 0.4) is 0 Å². The Kier molecular flexibility index (Phi) is 5.88. The predicted octanol–water partition coefficient (Wildman–Crippen LogP) is 2.50. The fourth-order valence-electron chi connectivity index (χ4n) is 3.67. The van der Waals surface area contributed by atoms with Crippen molar-refractivity contribution >= 4 is 29.2 Å². The van der Waals surface area contributed by atoms with Gasteiger partial charge >= 0.3 is 5.97 Å². The van der Waals surface area contributed by atoms with E-state index >= 15 is 0 Å². The van der Waals surface area contributed by atoms with E-state index in [0.29, 0.717) is 5.69 Å². The van der Waals surface area contributed by atoms with Gasteiger partial charge in [-0.05, 0) is 45.2 Å². The summed E-state index contributed by atoms with van der Waals surface area (Å²) in [5, 5.41) is 5.37. The van der Waals surface area contributed by atoms with E-state index in [1.807, 2.05) is 19.9 Å². The zero-order valence-electron chi connectivity index (χ0n) is 15.8. The molecule has 0 radical (unpaired) electrons. The smallest absolute Gasteiger partial charge is 0.355 e. The standard InChI is InChI=1S/C20H25N3O4/c1-14-7-6-8-15(2)22(14)19(25)13-27-20(26)17-11-12-18(24)23(21-17)16-9-4-3-5-10-16/h3-5,9-10,14-15H,6-8,11-13H2,1-2H3/t14-,15-/m1/s1. The van der Waals surface area contributed by atoms with Crippen molar-refractivity contribution in [1.82, 2.24) is 4.90 Å². The number of hydrazone groups is 1. The molecule has 1 saturated heterocycles. The van der Waals surface area contributed by atoms with Crippen molar-refractivity contribution in [1.29, 1.82) is 0 Å². The number of piperidine rings is 1. The Morgan fingerprint density at radius 3 is 2.44 bits per heavy atom. The highest BCUT2D eigenvalue weighted by Crippen LogP contribution is 2.23. The number of amides is 2. The zero-order chi connectivity index (χ0) is 19.4. The first-order chi connectivity index (χ1) is 13.0. The van der Waals surface area contributed by atoms with E-state index in [0.717, 1.165) is 19.3 Å². The molecule has 2 amide bonds. The van der Waals surface area contributed by atoms with Gasteiger partial charge in [-0.15, -0.1) is 0 Å². The number of hydrogen-bond acceptors (Lipinski definition) is 5. The number of nitrogens with zero attached hydrogens (tertiary/aromatic N) is 3. The van der Waals surface area contributed by atoms with Crippen LogP contribution in [-0.2, 0) is 19.1 Å². The average Bonchev–Trinajstić information content (AvgIpc) is 2.67. The third kappa shape index (κ3) is 4.35. The molecule has 7 nitrogen and oxygen atoms in total. The lowest BCUT2D eigenvalue weighted by molar-refractivity contribution is -0.150. The van der Waals surface area contributed by atoms with Crippen LogP contribution in [0.2, 0.25) is 0 Å². The van der Waals surface area contributed by atoms with Crippen molar-refractivity contribution in [3.05, 3.63) is 30.3 Å². The van der Waals surface area contributed by atoms with Crippen LogP contribution in [-0.4, -0.2) is 47.1 Å². The molecule has 1 aromatic rings. The molecule has 0 N–H and O–H groups in total. The molecule has 1 aromatic carbocycles. The molecule has 7 heteroatoms. The van der Waals surface area contributed by atoms with Gasteiger partial charge < -0.3 is 9.64 Å². The van der Waals surface area contributed by atoms with Gasteiger partial charge in [0.1, 0.15) is 5.71 Å². The van der Waals surface area contributed by atoms with Gasteiger partial charge in [0, 0.05) is 24.9 Å². The van der Waals surface area contributed by atoms with Crippen LogP contribution in [0.25, 0.3) is 0 Å². The van der Waals surface area contributed by atoms with Crippen molar-refractivity contribution in [2.75, 3.05) is 11.6 Å². The summed E-state index contributed by atoms with van der Waals surface area (Å²) < 4.78 is 5.21. The topological polar surface area (TPSA) is 79.3 Å². The van der Waals surface area contributed by atoms with Gasteiger partial charge in [0.05, 0.1) is 5.69 Å². The van der Waals surface area contributed by atoms with Crippen LogP contribution >= 0.6 is 0 Å². The molecular formula is C20H25N3O4. The lowest BCUT2D eigenvalue weighted by atomic mass is 9.97. The molecular weight excluding hydrogens is 346 g/mol. The van der Waals surface area contributed by atoms with Gasteiger partial charge in [0.15, 0.2) is 6.61 Å². The Hall–Kier alpha value is -2.70. The molecule has 1 fully saturated rings.